The van der Waals surface area contributed by atoms with Crippen molar-refractivity contribution in [3.05, 3.63) is 47.5 Å². The summed E-state index contributed by atoms with van der Waals surface area (Å²) in [6.45, 7) is 8.49. The SMILES string of the molecule is CN1c2ccc(CC(=O)OCCOCCOCCOCCOCCI)cc2Sc2ccc(CC(=O)OCCOCCOCCOCCOCCI)cc21. The van der Waals surface area contributed by atoms with Gasteiger partial charge in [0.1, 0.15) is 13.2 Å². The molecule has 0 saturated carbocycles. The zero-order valence-corrected chi connectivity index (χ0v) is 35.7. The second-order valence-corrected chi connectivity index (χ2v) is 14.6. The Morgan fingerprint density at radius 1 is 0.491 bits per heavy atom. The lowest BCUT2D eigenvalue weighted by atomic mass is 10.1. The molecule has 2 aromatic carbocycles. The Morgan fingerprint density at radius 2 is 0.868 bits per heavy atom. The van der Waals surface area contributed by atoms with E-state index >= 15 is 0 Å². The number of nitrogens with zero attached hydrogens (tertiary/aromatic N) is 1. The van der Waals surface area contributed by atoms with Gasteiger partial charge in [-0.2, -0.15) is 0 Å². The molecule has 0 bridgehead atoms. The molecule has 0 saturated heterocycles. The second kappa shape index (κ2) is 29.9. The van der Waals surface area contributed by atoms with Crippen molar-refractivity contribution in [1.29, 1.82) is 0 Å². The third kappa shape index (κ3) is 20.4. The predicted molar refractivity (Wildman–Crippen MR) is 219 cm³/mol. The Bertz CT molecular complexity index is 1310. The normalized spacial score (nSPS) is 12.1. The number of ether oxygens (including phenoxy) is 10. The van der Waals surface area contributed by atoms with Crippen molar-refractivity contribution in [3.8, 4) is 0 Å². The molecule has 298 valence electrons. The van der Waals surface area contributed by atoms with Crippen molar-refractivity contribution in [2.75, 3.05) is 140 Å². The molecule has 53 heavy (non-hydrogen) atoms. The number of esters is 2. The zero-order chi connectivity index (χ0) is 37.8. The van der Waals surface area contributed by atoms with Gasteiger partial charge in [0, 0.05) is 25.7 Å². The smallest absolute Gasteiger partial charge is 0.310 e. The standard InChI is InChI=1S/C37H53I2NO12S/c1-40-32-4-2-31(29-37(42)52-25-23-50-21-19-48-17-15-46-13-11-44-9-7-39)27-35(32)53-34-5-3-30(26-33(34)40)28-36(41)51-24-22-49-20-18-47-16-14-45-12-10-43-8-6-38/h2-5,26-27H,6-25,28-29H2,1H3. The molecule has 16 heteroatoms. The number of alkyl halides is 2. The molecule has 1 aliphatic rings. The maximum Gasteiger partial charge on any atom is 0.310 e. The fourth-order valence-electron chi connectivity index (χ4n) is 4.79. The van der Waals surface area contributed by atoms with Crippen molar-refractivity contribution < 1.29 is 57.0 Å². The third-order valence-electron chi connectivity index (χ3n) is 7.34. The van der Waals surface area contributed by atoms with Crippen LogP contribution in [0.3, 0.4) is 0 Å². The topological polar surface area (TPSA) is 130 Å². The molecule has 0 spiro atoms. The van der Waals surface area contributed by atoms with Crippen LogP contribution in [0.4, 0.5) is 11.4 Å². The largest absolute Gasteiger partial charge is 0.463 e. The van der Waals surface area contributed by atoms with Gasteiger partial charge in [-0.05, 0) is 35.4 Å². The fraction of sp³-hybridized carbons (Fsp3) is 0.622. The van der Waals surface area contributed by atoms with Crippen molar-refractivity contribution >= 4 is 80.3 Å². The first-order valence-corrected chi connectivity index (χ1v) is 21.6. The third-order valence-corrected chi connectivity index (χ3v) is 9.34. The summed E-state index contributed by atoms with van der Waals surface area (Å²) in [6, 6.07) is 11.9. The predicted octanol–water partition coefficient (Wildman–Crippen LogP) is 5.09. The van der Waals surface area contributed by atoms with E-state index in [0.29, 0.717) is 92.5 Å². The monoisotopic (exact) mass is 989 g/mol. The Kier molecular flexibility index (Phi) is 26.0. The lowest BCUT2D eigenvalue weighted by molar-refractivity contribution is -0.145. The summed E-state index contributed by atoms with van der Waals surface area (Å²) in [6.07, 6.45) is 0.331. The average molecular weight is 990 g/mol. The lowest BCUT2D eigenvalue weighted by Gasteiger charge is -2.30. The number of fused-ring (bicyclic) bond motifs is 2. The molecule has 0 aromatic heterocycles. The summed E-state index contributed by atoms with van der Waals surface area (Å²) < 4.78 is 56.2. The van der Waals surface area contributed by atoms with Crippen LogP contribution in [0.5, 0.6) is 0 Å². The summed E-state index contributed by atoms with van der Waals surface area (Å²) in [4.78, 5) is 29.2. The molecule has 2 aromatic rings. The van der Waals surface area contributed by atoms with Gasteiger partial charge >= 0.3 is 11.9 Å². The molecule has 1 aliphatic heterocycles. The maximum absolute atomic E-state index is 12.5. The molecular formula is C37H53I2NO12S. The summed E-state index contributed by atoms with van der Waals surface area (Å²) >= 11 is 6.17. The van der Waals surface area contributed by atoms with Crippen LogP contribution in [0.2, 0.25) is 0 Å². The van der Waals surface area contributed by atoms with E-state index in [0.717, 1.165) is 54.4 Å². The van der Waals surface area contributed by atoms with E-state index in [2.05, 4.69) is 50.1 Å². The molecule has 0 amide bonds. The minimum atomic E-state index is -0.311. The molecule has 0 aliphatic carbocycles. The number of hydrogen-bond donors (Lipinski definition) is 0. The Labute approximate surface area is 344 Å². The van der Waals surface area contributed by atoms with Gasteiger partial charge in [-0.15, -0.1) is 0 Å². The van der Waals surface area contributed by atoms with Crippen LogP contribution >= 0.6 is 56.9 Å². The van der Waals surface area contributed by atoms with Crippen LogP contribution < -0.4 is 4.90 Å². The van der Waals surface area contributed by atoms with Crippen LogP contribution in [-0.4, -0.2) is 147 Å². The Balaban J connectivity index is 1.25. The maximum atomic E-state index is 12.5. The molecule has 0 unspecified atom stereocenters. The number of anilines is 2. The van der Waals surface area contributed by atoms with E-state index in [9.17, 15) is 9.59 Å². The minimum absolute atomic E-state index is 0.163. The van der Waals surface area contributed by atoms with Gasteiger partial charge in [0.05, 0.1) is 130 Å². The number of hydrogen-bond acceptors (Lipinski definition) is 14. The number of carbonyl (C=O) groups is 2. The number of halogens is 2. The minimum Gasteiger partial charge on any atom is -0.463 e. The van der Waals surface area contributed by atoms with E-state index in [4.69, 9.17) is 47.4 Å². The molecule has 0 N–H and O–H groups in total. The van der Waals surface area contributed by atoms with E-state index in [1.807, 2.05) is 43.4 Å². The van der Waals surface area contributed by atoms with Crippen molar-refractivity contribution in [1.82, 2.24) is 0 Å². The quantitative estimate of drug-likeness (QED) is 0.0418. The van der Waals surface area contributed by atoms with Gasteiger partial charge in [-0.3, -0.25) is 9.59 Å². The highest BCUT2D eigenvalue weighted by Crippen LogP contribution is 2.48. The average Bonchev–Trinajstić information content (AvgIpc) is 3.15. The molecule has 3 rings (SSSR count). The van der Waals surface area contributed by atoms with Gasteiger partial charge in [0.15, 0.2) is 0 Å². The van der Waals surface area contributed by atoms with Gasteiger partial charge in [-0.1, -0.05) is 69.1 Å². The van der Waals surface area contributed by atoms with Crippen LogP contribution in [0.1, 0.15) is 11.1 Å². The molecule has 0 fully saturated rings. The molecular weight excluding hydrogens is 936 g/mol. The molecule has 1 heterocycles. The highest BCUT2D eigenvalue weighted by molar-refractivity contribution is 14.1. The fourth-order valence-corrected chi connectivity index (χ4v) is 6.61. The number of rotatable bonds is 32. The van der Waals surface area contributed by atoms with Crippen LogP contribution in [0.15, 0.2) is 46.2 Å². The molecule has 0 atom stereocenters. The summed E-state index contributed by atoms with van der Waals surface area (Å²) in [5.74, 6) is -0.619. The molecule has 0 radical (unpaired) electrons. The van der Waals surface area contributed by atoms with Crippen LogP contribution in [0, 0.1) is 0 Å². The first kappa shape index (κ1) is 46.1. The van der Waals surface area contributed by atoms with Crippen LogP contribution in [0.25, 0.3) is 0 Å². The highest BCUT2D eigenvalue weighted by atomic mass is 127. The zero-order valence-electron chi connectivity index (χ0n) is 30.5. The van der Waals surface area contributed by atoms with Crippen LogP contribution in [-0.2, 0) is 69.8 Å². The summed E-state index contributed by atoms with van der Waals surface area (Å²) in [5.41, 5.74) is 3.76. The van der Waals surface area contributed by atoms with Crippen molar-refractivity contribution in [3.63, 3.8) is 0 Å². The summed E-state index contributed by atoms with van der Waals surface area (Å²) in [7, 11) is 1.99. The van der Waals surface area contributed by atoms with E-state index < -0.39 is 0 Å². The van der Waals surface area contributed by atoms with E-state index in [-0.39, 0.29) is 38.0 Å². The van der Waals surface area contributed by atoms with Crippen molar-refractivity contribution in [2.24, 2.45) is 0 Å². The first-order chi connectivity index (χ1) is 26.0. The van der Waals surface area contributed by atoms with Gasteiger partial charge < -0.3 is 52.3 Å². The van der Waals surface area contributed by atoms with Crippen molar-refractivity contribution in [2.45, 2.75) is 22.6 Å². The van der Waals surface area contributed by atoms with E-state index in [1.165, 1.54) is 0 Å². The van der Waals surface area contributed by atoms with Gasteiger partial charge in [0.25, 0.3) is 0 Å². The summed E-state index contributed by atoms with van der Waals surface area (Å²) in [5, 5.41) is 0. The van der Waals surface area contributed by atoms with Gasteiger partial charge in [-0.25, -0.2) is 0 Å². The molecule has 13 nitrogen and oxygen atoms in total. The highest BCUT2D eigenvalue weighted by Gasteiger charge is 2.22. The van der Waals surface area contributed by atoms with Gasteiger partial charge in [0.2, 0.25) is 0 Å². The number of benzene rings is 2. The first-order valence-electron chi connectivity index (χ1n) is 17.7. The Morgan fingerprint density at radius 3 is 1.30 bits per heavy atom. The number of carbonyl (C=O) groups excluding carboxylic acids is 2. The lowest BCUT2D eigenvalue weighted by Crippen LogP contribution is -2.17. The second-order valence-electron chi connectivity index (χ2n) is 11.3. The van der Waals surface area contributed by atoms with E-state index in [1.54, 1.807) is 11.8 Å². The Hall–Kier alpha value is -1.33.